The zero-order valence-corrected chi connectivity index (χ0v) is 15.2. The lowest BCUT2D eigenvalue weighted by molar-refractivity contribution is 0.209. The van der Waals surface area contributed by atoms with Crippen molar-refractivity contribution in [2.45, 2.75) is 26.3 Å². The minimum atomic E-state index is -1.29. The van der Waals surface area contributed by atoms with Crippen LogP contribution in [-0.4, -0.2) is 27.9 Å². The fraction of sp³-hybridized carbons (Fsp3) is 0.250. The first-order chi connectivity index (χ1) is 13.1. The lowest BCUT2D eigenvalue weighted by atomic mass is 10.00. The van der Waals surface area contributed by atoms with Crippen molar-refractivity contribution >= 4 is 22.8 Å². The average molecular weight is 367 g/mol. The molecule has 2 N–H and O–H groups in total. The fourth-order valence-electron chi connectivity index (χ4n) is 3.10. The number of nitrogens with one attached hydrogen (secondary N) is 1. The maximum atomic E-state index is 13.1. The highest BCUT2D eigenvalue weighted by Gasteiger charge is 2.20. The fourth-order valence-corrected chi connectivity index (χ4v) is 3.10. The molecule has 0 saturated heterocycles. The quantitative estimate of drug-likeness (QED) is 0.688. The minimum Gasteiger partial charge on any atom is -0.497 e. The summed E-state index contributed by atoms with van der Waals surface area (Å²) in [7, 11) is 1.55. The van der Waals surface area contributed by atoms with Crippen LogP contribution in [0.25, 0.3) is 22.2 Å². The molecule has 0 atom stereocenters. The number of rotatable bonds is 6. The molecule has 0 aliphatic rings. The number of pyridine rings is 2. The molecular weight excluding hydrogens is 346 g/mol. The summed E-state index contributed by atoms with van der Waals surface area (Å²) in [5, 5.41) is 12.3. The highest BCUT2D eigenvalue weighted by atomic mass is 16.5. The van der Waals surface area contributed by atoms with E-state index in [1.165, 1.54) is 4.57 Å². The molecule has 0 bridgehead atoms. The Balaban J connectivity index is 2.39. The van der Waals surface area contributed by atoms with Crippen LogP contribution in [0.1, 0.15) is 19.8 Å². The third kappa shape index (κ3) is 3.62. The summed E-state index contributed by atoms with van der Waals surface area (Å²) >= 11 is 0. The van der Waals surface area contributed by atoms with Crippen molar-refractivity contribution in [3.8, 4) is 16.9 Å². The predicted molar refractivity (Wildman–Crippen MR) is 105 cm³/mol. The van der Waals surface area contributed by atoms with E-state index in [1.54, 1.807) is 37.6 Å². The van der Waals surface area contributed by atoms with Gasteiger partial charge in [-0.05, 0) is 36.2 Å². The predicted octanol–water partition coefficient (Wildman–Crippen LogP) is 3.96. The number of hydrogen-bond donors (Lipinski definition) is 2. The standard InChI is InChI=1S/C20H21N3O4/c1-3-4-11-23-18-15(9-6-10-21-18)16(17(19(23)24)22-20(25)26)13-7-5-8-14(12-13)27-2/h5-10,12,22H,3-4,11H2,1-2H3,(H,25,26). The van der Waals surface area contributed by atoms with Gasteiger partial charge in [0, 0.05) is 23.7 Å². The topological polar surface area (TPSA) is 93.5 Å². The van der Waals surface area contributed by atoms with Crippen molar-refractivity contribution in [1.82, 2.24) is 9.55 Å². The summed E-state index contributed by atoms with van der Waals surface area (Å²) < 4.78 is 6.82. The first-order valence-electron chi connectivity index (χ1n) is 8.72. The number of ether oxygens (including phenoxy) is 1. The van der Waals surface area contributed by atoms with Crippen LogP contribution < -0.4 is 15.6 Å². The van der Waals surface area contributed by atoms with Gasteiger partial charge in [0.2, 0.25) is 0 Å². The Morgan fingerprint density at radius 3 is 2.81 bits per heavy atom. The second-order valence-electron chi connectivity index (χ2n) is 6.10. The van der Waals surface area contributed by atoms with Crippen LogP contribution in [0.15, 0.2) is 47.4 Å². The molecule has 0 aliphatic heterocycles. The molecule has 0 fully saturated rings. The maximum Gasteiger partial charge on any atom is 0.409 e. The number of carboxylic acid groups (broad SMARTS) is 1. The van der Waals surface area contributed by atoms with Crippen LogP contribution in [0, 0.1) is 0 Å². The summed E-state index contributed by atoms with van der Waals surface area (Å²) in [5.41, 5.74) is 1.32. The lowest BCUT2D eigenvalue weighted by Crippen LogP contribution is -2.27. The van der Waals surface area contributed by atoms with Gasteiger partial charge in [-0.25, -0.2) is 9.78 Å². The highest BCUT2D eigenvalue weighted by molar-refractivity contribution is 6.03. The second kappa shape index (κ2) is 7.90. The molecule has 1 aromatic carbocycles. The highest BCUT2D eigenvalue weighted by Crippen LogP contribution is 2.34. The van der Waals surface area contributed by atoms with Gasteiger partial charge in [0.1, 0.15) is 17.1 Å². The van der Waals surface area contributed by atoms with Gasteiger partial charge in [-0.15, -0.1) is 0 Å². The van der Waals surface area contributed by atoms with Gasteiger partial charge in [0.05, 0.1) is 7.11 Å². The number of aromatic nitrogens is 2. The molecule has 7 heteroatoms. The zero-order chi connectivity index (χ0) is 19.4. The van der Waals surface area contributed by atoms with Crippen molar-refractivity contribution in [3.63, 3.8) is 0 Å². The average Bonchev–Trinajstić information content (AvgIpc) is 2.68. The smallest absolute Gasteiger partial charge is 0.409 e. The van der Waals surface area contributed by atoms with E-state index in [9.17, 15) is 14.7 Å². The normalized spacial score (nSPS) is 10.7. The molecule has 1 amide bonds. The van der Waals surface area contributed by atoms with Crippen molar-refractivity contribution in [3.05, 3.63) is 52.9 Å². The van der Waals surface area contributed by atoms with Crippen LogP contribution in [0.5, 0.6) is 5.75 Å². The number of amides is 1. The SMILES string of the molecule is CCCCn1c(=O)c(NC(=O)O)c(-c2cccc(OC)c2)c2cccnc21. The summed E-state index contributed by atoms with van der Waals surface area (Å²) in [5.74, 6) is 0.612. The van der Waals surface area contributed by atoms with Gasteiger partial charge >= 0.3 is 6.09 Å². The number of carbonyl (C=O) groups is 1. The molecule has 0 spiro atoms. The van der Waals surface area contributed by atoms with Gasteiger partial charge < -0.3 is 9.84 Å². The van der Waals surface area contributed by atoms with Gasteiger partial charge in [-0.1, -0.05) is 25.5 Å². The van der Waals surface area contributed by atoms with Crippen LogP contribution in [0.2, 0.25) is 0 Å². The lowest BCUT2D eigenvalue weighted by Gasteiger charge is -2.17. The van der Waals surface area contributed by atoms with E-state index in [0.717, 1.165) is 12.8 Å². The van der Waals surface area contributed by atoms with Crippen LogP contribution in [0.3, 0.4) is 0 Å². The van der Waals surface area contributed by atoms with Crippen molar-refractivity contribution < 1.29 is 14.6 Å². The molecule has 0 aliphatic carbocycles. The molecule has 0 unspecified atom stereocenters. The number of aryl methyl sites for hydroxylation is 1. The number of benzene rings is 1. The molecule has 0 radical (unpaired) electrons. The van der Waals surface area contributed by atoms with Crippen molar-refractivity contribution in [2.24, 2.45) is 0 Å². The first-order valence-corrected chi connectivity index (χ1v) is 8.72. The molecule has 3 aromatic rings. The molecule has 27 heavy (non-hydrogen) atoms. The summed E-state index contributed by atoms with van der Waals surface area (Å²) in [6.45, 7) is 2.50. The Morgan fingerprint density at radius 2 is 2.11 bits per heavy atom. The summed E-state index contributed by atoms with van der Waals surface area (Å²) in [6.07, 6.45) is 2.03. The molecule has 140 valence electrons. The number of hydrogen-bond acceptors (Lipinski definition) is 4. The Labute approximate surface area is 156 Å². The number of nitrogens with zero attached hydrogens (tertiary/aromatic N) is 2. The molecule has 2 heterocycles. The maximum absolute atomic E-state index is 13.1. The van der Waals surface area contributed by atoms with E-state index in [-0.39, 0.29) is 5.69 Å². The van der Waals surface area contributed by atoms with Gasteiger partial charge in [0.15, 0.2) is 0 Å². The summed E-state index contributed by atoms with van der Waals surface area (Å²) in [6, 6.07) is 10.8. The third-order valence-corrected chi connectivity index (χ3v) is 4.35. The number of methoxy groups -OCH3 is 1. The minimum absolute atomic E-state index is 0.0207. The van der Waals surface area contributed by atoms with Crippen molar-refractivity contribution in [2.75, 3.05) is 12.4 Å². The van der Waals surface area contributed by atoms with E-state index < -0.39 is 11.7 Å². The Hall–Kier alpha value is -3.35. The monoisotopic (exact) mass is 367 g/mol. The molecule has 3 rings (SSSR count). The Kier molecular flexibility index (Phi) is 5.40. The van der Waals surface area contributed by atoms with Gasteiger partial charge in [0.25, 0.3) is 5.56 Å². The van der Waals surface area contributed by atoms with Crippen LogP contribution in [-0.2, 0) is 6.54 Å². The third-order valence-electron chi connectivity index (χ3n) is 4.35. The summed E-state index contributed by atoms with van der Waals surface area (Å²) in [4.78, 5) is 28.9. The molecule has 2 aromatic heterocycles. The number of anilines is 1. The Bertz CT molecular complexity index is 1040. The zero-order valence-electron chi connectivity index (χ0n) is 15.2. The Morgan fingerprint density at radius 1 is 1.30 bits per heavy atom. The van der Waals surface area contributed by atoms with Gasteiger partial charge in [-0.3, -0.25) is 14.7 Å². The largest absolute Gasteiger partial charge is 0.497 e. The molecule has 0 saturated carbocycles. The number of fused-ring (bicyclic) bond motifs is 1. The van der Waals surface area contributed by atoms with Crippen molar-refractivity contribution in [1.29, 1.82) is 0 Å². The number of unbranched alkanes of at least 4 members (excludes halogenated alkanes) is 1. The van der Waals surface area contributed by atoms with Crippen LogP contribution >= 0.6 is 0 Å². The van der Waals surface area contributed by atoms with E-state index in [1.807, 2.05) is 19.1 Å². The van der Waals surface area contributed by atoms with Crippen LogP contribution in [0.4, 0.5) is 10.5 Å². The van der Waals surface area contributed by atoms with E-state index in [4.69, 9.17) is 4.74 Å². The van der Waals surface area contributed by atoms with Gasteiger partial charge in [-0.2, -0.15) is 0 Å². The van der Waals surface area contributed by atoms with E-state index in [2.05, 4.69) is 10.3 Å². The van der Waals surface area contributed by atoms with E-state index in [0.29, 0.717) is 34.5 Å². The molecular formula is C20H21N3O4. The van der Waals surface area contributed by atoms with E-state index >= 15 is 0 Å². The first kappa shape index (κ1) is 18.4. The molecule has 7 nitrogen and oxygen atoms in total. The second-order valence-corrected chi connectivity index (χ2v) is 6.10.